The van der Waals surface area contributed by atoms with E-state index in [4.69, 9.17) is 4.42 Å². The van der Waals surface area contributed by atoms with Gasteiger partial charge in [0.1, 0.15) is 5.76 Å². The Bertz CT molecular complexity index is 361. The lowest BCUT2D eigenvalue weighted by molar-refractivity contribution is 0.162. The van der Waals surface area contributed by atoms with E-state index in [1.807, 2.05) is 6.26 Å². The average molecular weight is 250 g/mol. The molecule has 0 saturated carbocycles. The summed E-state index contributed by atoms with van der Waals surface area (Å²) in [5, 5.41) is 3.51. The van der Waals surface area contributed by atoms with Crippen molar-refractivity contribution in [2.45, 2.75) is 39.2 Å². The van der Waals surface area contributed by atoms with Gasteiger partial charge in [-0.05, 0) is 64.0 Å². The van der Waals surface area contributed by atoms with Gasteiger partial charge in [0.25, 0.3) is 0 Å². The van der Waals surface area contributed by atoms with Gasteiger partial charge >= 0.3 is 0 Å². The Hall–Kier alpha value is -0.800. The fourth-order valence-corrected chi connectivity index (χ4v) is 3.07. The molecule has 3 heteroatoms. The van der Waals surface area contributed by atoms with Gasteiger partial charge in [-0.2, -0.15) is 0 Å². The topological polar surface area (TPSA) is 28.4 Å². The van der Waals surface area contributed by atoms with Crippen LogP contribution in [-0.4, -0.2) is 31.6 Å². The number of nitrogens with zero attached hydrogens (tertiary/aromatic N) is 1. The molecule has 102 valence electrons. The highest BCUT2D eigenvalue weighted by atomic mass is 16.3. The van der Waals surface area contributed by atoms with E-state index in [0.717, 1.165) is 13.1 Å². The van der Waals surface area contributed by atoms with Gasteiger partial charge in [-0.25, -0.2) is 0 Å². The molecule has 2 heterocycles. The number of likely N-dealkylation sites (tertiary alicyclic amines) is 1. The Balaban J connectivity index is 2.20. The Kier molecular flexibility index (Phi) is 4.84. The molecule has 2 unspecified atom stereocenters. The zero-order valence-corrected chi connectivity index (χ0v) is 11.9. The SMILES string of the molecule is CCNCC1CCCCN(C)C1c1occc1C. The van der Waals surface area contributed by atoms with Crippen LogP contribution in [0.5, 0.6) is 0 Å². The summed E-state index contributed by atoms with van der Waals surface area (Å²) in [7, 11) is 2.23. The first-order valence-corrected chi connectivity index (χ1v) is 7.19. The molecule has 18 heavy (non-hydrogen) atoms. The maximum atomic E-state index is 5.77. The van der Waals surface area contributed by atoms with E-state index in [0.29, 0.717) is 12.0 Å². The molecule has 1 aliphatic rings. The van der Waals surface area contributed by atoms with Crippen LogP contribution in [0, 0.1) is 12.8 Å². The van der Waals surface area contributed by atoms with E-state index in [9.17, 15) is 0 Å². The summed E-state index contributed by atoms with van der Waals surface area (Å²) in [6, 6.07) is 2.51. The molecule has 1 N–H and O–H groups in total. The molecule has 1 aromatic heterocycles. The van der Waals surface area contributed by atoms with E-state index >= 15 is 0 Å². The third-order valence-corrected chi connectivity index (χ3v) is 4.08. The van der Waals surface area contributed by atoms with Gasteiger partial charge in [-0.3, -0.25) is 4.90 Å². The van der Waals surface area contributed by atoms with Crippen molar-refractivity contribution < 1.29 is 4.42 Å². The second kappa shape index (κ2) is 6.39. The summed E-state index contributed by atoms with van der Waals surface area (Å²) in [6.07, 6.45) is 5.75. The highest BCUT2D eigenvalue weighted by Crippen LogP contribution is 2.35. The first kappa shape index (κ1) is 13.6. The molecule has 2 rings (SSSR count). The highest BCUT2D eigenvalue weighted by molar-refractivity contribution is 5.19. The lowest BCUT2D eigenvalue weighted by atomic mass is 9.91. The molecule has 0 amide bonds. The average Bonchev–Trinajstić information content (AvgIpc) is 2.68. The Morgan fingerprint density at radius 2 is 2.28 bits per heavy atom. The van der Waals surface area contributed by atoms with Gasteiger partial charge in [-0.15, -0.1) is 0 Å². The summed E-state index contributed by atoms with van der Waals surface area (Å²) >= 11 is 0. The molecule has 0 bridgehead atoms. The molecular formula is C15H26N2O. The molecule has 1 saturated heterocycles. The summed E-state index contributed by atoms with van der Waals surface area (Å²) in [4.78, 5) is 2.47. The zero-order chi connectivity index (χ0) is 13.0. The third kappa shape index (κ3) is 2.96. The molecule has 0 aromatic carbocycles. The van der Waals surface area contributed by atoms with Crippen molar-refractivity contribution in [2.75, 3.05) is 26.7 Å². The van der Waals surface area contributed by atoms with Crippen molar-refractivity contribution in [2.24, 2.45) is 5.92 Å². The molecule has 0 spiro atoms. The number of hydrogen-bond acceptors (Lipinski definition) is 3. The van der Waals surface area contributed by atoms with Crippen molar-refractivity contribution >= 4 is 0 Å². The highest BCUT2D eigenvalue weighted by Gasteiger charge is 2.31. The van der Waals surface area contributed by atoms with Crippen molar-refractivity contribution in [3.63, 3.8) is 0 Å². The van der Waals surface area contributed by atoms with E-state index in [1.165, 1.54) is 37.1 Å². The summed E-state index contributed by atoms with van der Waals surface area (Å²) in [5.41, 5.74) is 1.29. The van der Waals surface area contributed by atoms with E-state index in [2.05, 4.69) is 37.2 Å². The number of furan rings is 1. The predicted molar refractivity (Wildman–Crippen MR) is 74.7 cm³/mol. The number of rotatable bonds is 4. The normalized spacial score (nSPS) is 26.2. The van der Waals surface area contributed by atoms with Crippen LogP contribution in [0.15, 0.2) is 16.7 Å². The smallest absolute Gasteiger partial charge is 0.124 e. The van der Waals surface area contributed by atoms with Crippen molar-refractivity contribution in [1.29, 1.82) is 0 Å². The fourth-order valence-electron chi connectivity index (χ4n) is 3.07. The van der Waals surface area contributed by atoms with Crippen LogP contribution in [0.1, 0.15) is 43.6 Å². The van der Waals surface area contributed by atoms with Gasteiger partial charge in [0.15, 0.2) is 0 Å². The van der Waals surface area contributed by atoms with Crippen LogP contribution in [-0.2, 0) is 0 Å². The van der Waals surface area contributed by atoms with Gasteiger partial charge in [0.05, 0.1) is 12.3 Å². The zero-order valence-electron chi connectivity index (χ0n) is 11.9. The fraction of sp³-hybridized carbons (Fsp3) is 0.733. The Morgan fingerprint density at radius 1 is 1.44 bits per heavy atom. The molecule has 0 radical (unpaired) electrons. The van der Waals surface area contributed by atoms with E-state index in [1.54, 1.807) is 0 Å². The monoisotopic (exact) mass is 250 g/mol. The number of hydrogen-bond donors (Lipinski definition) is 1. The first-order chi connectivity index (χ1) is 8.74. The summed E-state index contributed by atoms with van der Waals surface area (Å²) in [6.45, 7) is 7.64. The lowest BCUT2D eigenvalue weighted by Gasteiger charge is -2.31. The minimum Gasteiger partial charge on any atom is -0.467 e. The second-order valence-corrected chi connectivity index (χ2v) is 5.46. The maximum Gasteiger partial charge on any atom is 0.124 e. The third-order valence-electron chi connectivity index (χ3n) is 4.08. The van der Waals surface area contributed by atoms with Crippen LogP contribution in [0.4, 0.5) is 0 Å². The van der Waals surface area contributed by atoms with Gasteiger partial charge in [-0.1, -0.05) is 13.3 Å². The van der Waals surface area contributed by atoms with E-state index in [-0.39, 0.29) is 0 Å². The van der Waals surface area contributed by atoms with Crippen molar-refractivity contribution in [3.8, 4) is 0 Å². The van der Waals surface area contributed by atoms with Crippen LogP contribution >= 0.6 is 0 Å². The largest absolute Gasteiger partial charge is 0.467 e. The molecule has 1 aromatic rings. The van der Waals surface area contributed by atoms with Gasteiger partial charge < -0.3 is 9.73 Å². The molecular weight excluding hydrogens is 224 g/mol. The van der Waals surface area contributed by atoms with Crippen molar-refractivity contribution in [3.05, 3.63) is 23.7 Å². The summed E-state index contributed by atoms with van der Waals surface area (Å²) in [5.74, 6) is 1.82. The molecule has 3 nitrogen and oxygen atoms in total. The maximum absolute atomic E-state index is 5.77. The summed E-state index contributed by atoms with van der Waals surface area (Å²) < 4.78 is 5.77. The van der Waals surface area contributed by atoms with Crippen molar-refractivity contribution in [1.82, 2.24) is 10.2 Å². The predicted octanol–water partition coefficient (Wildman–Crippen LogP) is 2.97. The quantitative estimate of drug-likeness (QED) is 0.890. The molecule has 1 aliphatic heterocycles. The first-order valence-electron chi connectivity index (χ1n) is 7.19. The van der Waals surface area contributed by atoms with Crippen LogP contribution in [0.2, 0.25) is 0 Å². The molecule has 1 fully saturated rings. The minimum absolute atomic E-state index is 0.432. The lowest BCUT2D eigenvalue weighted by Crippen LogP contribution is -2.35. The van der Waals surface area contributed by atoms with Crippen LogP contribution in [0.25, 0.3) is 0 Å². The van der Waals surface area contributed by atoms with Crippen LogP contribution < -0.4 is 5.32 Å². The number of aryl methyl sites for hydroxylation is 1. The van der Waals surface area contributed by atoms with E-state index < -0.39 is 0 Å². The Morgan fingerprint density at radius 3 is 2.94 bits per heavy atom. The number of nitrogens with one attached hydrogen (secondary N) is 1. The van der Waals surface area contributed by atoms with Gasteiger partial charge in [0, 0.05) is 0 Å². The Labute approximate surface area is 111 Å². The minimum atomic E-state index is 0.432. The van der Waals surface area contributed by atoms with Gasteiger partial charge in [0.2, 0.25) is 0 Å². The second-order valence-electron chi connectivity index (χ2n) is 5.46. The standard InChI is InChI=1S/C15H26N2O/c1-4-16-11-13-7-5-6-9-17(3)14(13)15-12(2)8-10-18-15/h8,10,13-14,16H,4-7,9,11H2,1-3H3. The molecule has 2 atom stereocenters. The molecule has 0 aliphatic carbocycles. The van der Waals surface area contributed by atoms with Crippen LogP contribution in [0.3, 0.4) is 0 Å².